The van der Waals surface area contributed by atoms with Gasteiger partial charge in [-0.1, -0.05) is 11.6 Å². The van der Waals surface area contributed by atoms with Crippen molar-refractivity contribution in [3.8, 4) is 11.8 Å². The van der Waals surface area contributed by atoms with E-state index in [1.807, 2.05) is 6.07 Å². The first-order valence-corrected chi connectivity index (χ1v) is 7.49. The minimum Gasteiger partial charge on any atom is -0.447 e. The second-order valence-corrected chi connectivity index (χ2v) is 5.67. The van der Waals surface area contributed by atoms with Crippen molar-refractivity contribution in [2.45, 2.75) is 26.9 Å². The van der Waals surface area contributed by atoms with Gasteiger partial charge in [0.1, 0.15) is 11.6 Å². The smallest absolute Gasteiger partial charge is 0.413 e. The number of amides is 1. The maximum Gasteiger partial charge on any atom is 0.413 e. The second-order valence-electron chi connectivity index (χ2n) is 5.23. The first kappa shape index (κ1) is 17.5. The highest BCUT2D eigenvalue weighted by atomic mass is 35.5. The Hall–Kier alpha value is -2.85. The van der Waals surface area contributed by atoms with Crippen LogP contribution in [-0.2, 0) is 4.74 Å². The van der Waals surface area contributed by atoms with E-state index in [0.717, 1.165) is 4.68 Å². The van der Waals surface area contributed by atoms with Gasteiger partial charge in [-0.15, -0.1) is 5.10 Å². The Balaban J connectivity index is 2.55. The first-order valence-electron chi connectivity index (χ1n) is 7.11. The van der Waals surface area contributed by atoms with E-state index < -0.39 is 11.7 Å². The molecule has 2 aromatic rings. The van der Waals surface area contributed by atoms with E-state index in [1.54, 1.807) is 38.1 Å². The monoisotopic (exact) mass is 346 g/mol. The molecule has 0 bridgehead atoms. The summed E-state index contributed by atoms with van der Waals surface area (Å²) in [5, 5.41) is 16.3. The zero-order chi connectivity index (χ0) is 17.9. The molecule has 0 spiro atoms. The van der Waals surface area contributed by atoms with E-state index in [4.69, 9.17) is 16.3 Å². The highest BCUT2D eigenvalue weighted by Crippen LogP contribution is 2.16. The van der Waals surface area contributed by atoms with Gasteiger partial charge < -0.3 is 4.74 Å². The van der Waals surface area contributed by atoms with E-state index in [0.29, 0.717) is 10.7 Å². The van der Waals surface area contributed by atoms with E-state index >= 15 is 0 Å². The number of hydrogen-bond donors (Lipinski definition) is 1. The molecule has 124 valence electrons. The minimum absolute atomic E-state index is 0.0757. The van der Waals surface area contributed by atoms with Crippen molar-refractivity contribution in [2.24, 2.45) is 0 Å². The number of nitrogens with zero attached hydrogens (tertiary/aromatic N) is 3. The average molecular weight is 347 g/mol. The molecule has 0 aliphatic heterocycles. The zero-order valence-corrected chi connectivity index (χ0v) is 14.1. The summed E-state index contributed by atoms with van der Waals surface area (Å²) in [4.78, 5) is 24.2. The summed E-state index contributed by atoms with van der Waals surface area (Å²) >= 11 is 5.84. The maximum atomic E-state index is 12.4. The second kappa shape index (κ2) is 7.15. The number of nitrogens with one attached hydrogen (secondary N) is 1. The van der Waals surface area contributed by atoms with Gasteiger partial charge in [-0.25, -0.2) is 4.79 Å². The van der Waals surface area contributed by atoms with Crippen LogP contribution < -0.4 is 10.9 Å². The summed E-state index contributed by atoms with van der Waals surface area (Å²) in [7, 11) is 0. The number of hydrogen-bond acceptors (Lipinski definition) is 5. The van der Waals surface area contributed by atoms with Gasteiger partial charge in [0.25, 0.3) is 5.56 Å². The molecule has 0 fully saturated rings. The lowest BCUT2D eigenvalue weighted by atomic mass is 10.2. The van der Waals surface area contributed by atoms with Crippen LogP contribution in [0, 0.1) is 18.3 Å². The van der Waals surface area contributed by atoms with Crippen LogP contribution in [0.5, 0.6) is 0 Å². The number of anilines is 1. The lowest BCUT2D eigenvalue weighted by Crippen LogP contribution is -2.28. The summed E-state index contributed by atoms with van der Waals surface area (Å²) in [5.41, 5.74) is -0.00510. The van der Waals surface area contributed by atoms with Crippen LogP contribution in [0.2, 0.25) is 5.02 Å². The van der Waals surface area contributed by atoms with Gasteiger partial charge in [-0.05, 0) is 45.0 Å². The summed E-state index contributed by atoms with van der Waals surface area (Å²) in [6.07, 6.45) is -1.03. The molecule has 0 saturated heterocycles. The lowest BCUT2D eigenvalue weighted by Gasteiger charge is -2.13. The quantitative estimate of drug-likeness (QED) is 0.921. The van der Waals surface area contributed by atoms with Crippen molar-refractivity contribution in [3.63, 3.8) is 0 Å². The molecule has 0 aliphatic rings. The van der Waals surface area contributed by atoms with Crippen molar-refractivity contribution in [1.82, 2.24) is 9.78 Å². The molecule has 1 amide bonds. The number of benzene rings is 1. The molecule has 2 rings (SSSR count). The molecule has 1 aromatic heterocycles. The fourth-order valence-electron chi connectivity index (χ4n) is 1.95. The van der Waals surface area contributed by atoms with Gasteiger partial charge in [0.15, 0.2) is 5.82 Å². The van der Waals surface area contributed by atoms with Crippen LogP contribution in [0.4, 0.5) is 10.6 Å². The highest BCUT2D eigenvalue weighted by molar-refractivity contribution is 6.30. The Morgan fingerprint density at radius 3 is 2.54 bits per heavy atom. The van der Waals surface area contributed by atoms with Gasteiger partial charge in [0.05, 0.1) is 11.8 Å². The number of carbonyl (C=O) groups excluding carboxylic acids is 1. The third-order valence-corrected chi connectivity index (χ3v) is 3.33. The topological polar surface area (TPSA) is 97.0 Å². The third kappa shape index (κ3) is 3.73. The standard InChI is InChI=1S/C16H15ClN4O3/c1-9(2)24-16(23)19-14-10(3)13(8-18)15(22)21(20-14)12-6-4-11(17)5-7-12/h4-7,9H,1-3H3,(H,19,20,23). The minimum atomic E-state index is -0.717. The van der Waals surface area contributed by atoms with Crippen molar-refractivity contribution >= 4 is 23.5 Å². The Labute approximate surface area is 143 Å². The Kier molecular flexibility index (Phi) is 5.21. The normalized spacial score (nSPS) is 10.3. The van der Waals surface area contributed by atoms with Gasteiger partial charge in [-0.3, -0.25) is 10.1 Å². The van der Waals surface area contributed by atoms with Crippen LogP contribution in [0.3, 0.4) is 0 Å². The zero-order valence-electron chi connectivity index (χ0n) is 13.3. The van der Waals surface area contributed by atoms with Gasteiger partial charge in [-0.2, -0.15) is 9.94 Å². The highest BCUT2D eigenvalue weighted by Gasteiger charge is 2.17. The maximum absolute atomic E-state index is 12.4. The van der Waals surface area contributed by atoms with Gasteiger partial charge >= 0.3 is 6.09 Å². The largest absolute Gasteiger partial charge is 0.447 e. The molecule has 8 heteroatoms. The molecule has 1 aromatic carbocycles. The molecule has 0 saturated carbocycles. The molecule has 1 heterocycles. The molecule has 0 aliphatic carbocycles. The summed E-state index contributed by atoms with van der Waals surface area (Å²) in [5.74, 6) is 0.0757. The van der Waals surface area contributed by atoms with Crippen LogP contribution >= 0.6 is 11.6 Å². The number of halogens is 1. The molecule has 24 heavy (non-hydrogen) atoms. The van der Waals surface area contributed by atoms with Crippen LogP contribution in [0.25, 0.3) is 5.69 Å². The van der Waals surface area contributed by atoms with Gasteiger partial charge in [0.2, 0.25) is 0 Å². The SMILES string of the molecule is Cc1c(NC(=O)OC(C)C)nn(-c2ccc(Cl)cc2)c(=O)c1C#N. The number of ether oxygens (including phenoxy) is 1. The predicted molar refractivity (Wildman–Crippen MR) is 89.5 cm³/mol. The number of aromatic nitrogens is 2. The summed E-state index contributed by atoms with van der Waals surface area (Å²) < 4.78 is 6.03. The fourth-order valence-corrected chi connectivity index (χ4v) is 2.08. The summed E-state index contributed by atoms with van der Waals surface area (Å²) in [6.45, 7) is 4.94. The Bertz CT molecular complexity index is 867. The van der Waals surface area contributed by atoms with Crippen LogP contribution in [0.1, 0.15) is 25.0 Å². The summed E-state index contributed by atoms with van der Waals surface area (Å²) in [6, 6.07) is 8.21. The molecule has 0 unspecified atom stereocenters. The predicted octanol–water partition coefficient (Wildman–Crippen LogP) is 3.02. The van der Waals surface area contributed by atoms with E-state index in [9.17, 15) is 14.9 Å². The number of nitriles is 1. The van der Waals surface area contributed by atoms with Crippen molar-refractivity contribution in [1.29, 1.82) is 5.26 Å². The fraction of sp³-hybridized carbons (Fsp3) is 0.250. The van der Waals surface area contributed by atoms with E-state index in [-0.39, 0.29) is 23.0 Å². The molecular weight excluding hydrogens is 332 g/mol. The molecule has 0 atom stereocenters. The van der Waals surface area contributed by atoms with Crippen molar-refractivity contribution < 1.29 is 9.53 Å². The van der Waals surface area contributed by atoms with E-state index in [2.05, 4.69) is 10.4 Å². The van der Waals surface area contributed by atoms with Crippen LogP contribution in [0.15, 0.2) is 29.1 Å². The Morgan fingerprint density at radius 2 is 2.00 bits per heavy atom. The first-order chi connectivity index (χ1) is 11.3. The van der Waals surface area contributed by atoms with Crippen molar-refractivity contribution in [3.05, 3.63) is 50.8 Å². The molecular formula is C16H15ClN4O3. The van der Waals surface area contributed by atoms with Crippen LogP contribution in [-0.4, -0.2) is 22.0 Å². The Morgan fingerprint density at radius 1 is 1.38 bits per heavy atom. The van der Waals surface area contributed by atoms with Crippen molar-refractivity contribution in [2.75, 3.05) is 5.32 Å². The third-order valence-electron chi connectivity index (χ3n) is 3.08. The lowest BCUT2D eigenvalue weighted by molar-refractivity contribution is 0.130. The number of carbonyl (C=O) groups is 1. The number of rotatable bonds is 3. The molecule has 1 N–H and O–H groups in total. The molecule has 0 radical (unpaired) electrons. The van der Waals surface area contributed by atoms with E-state index in [1.165, 1.54) is 6.92 Å². The average Bonchev–Trinajstić information content (AvgIpc) is 2.51. The molecule has 7 nitrogen and oxygen atoms in total. The van der Waals surface area contributed by atoms with Gasteiger partial charge in [0, 0.05) is 10.6 Å².